The summed E-state index contributed by atoms with van der Waals surface area (Å²) in [5, 5.41) is 2.68. The van der Waals surface area contributed by atoms with E-state index in [4.69, 9.17) is 4.74 Å². The summed E-state index contributed by atoms with van der Waals surface area (Å²) in [6, 6.07) is 5.47. The number of carbonyl (C=O) groups excluding carboxylic acids is 3. The fourth-order valence-corrected chi connectivity index (χ4v) is 5.89. The van der Waals surface area contributed by atoms with Crippen LogP contribution in [0.4, 0.5) is 4.79 Å². The topological polar surface area (TPSA) is 113 Å². The molecule has 0 spiro atoms. The zero-order valence-corrected chi connectivity index (χ0v) is 19.1. The third kappa shape index (κ3) is 4.39. The maximum Gasteiger partial charge on any atom is 0.325 e. The molecule has 4 amide bonds. The first kappa shape index (κ1) is 23.1. The molecule has 2 aliphatic heterocycles. The van der Waals surface area contributed by atoms with E-state index >= 15 is 0 Å². The van der Waals surface area contributed by atoms with Crippen LogP contribution in [0, 0.1) is 0 Å². The smallest absolute Gasteiger partial charge is 0.325 e. The average molecular weight is 452 g/mol. The van der Waals surface area contributed by atoms with E-state index in [1.807, 2.05) is 13.8 Å². The minimum atomic E-state index is -3.19. The molecule has 0 aromatic heterocycles. The van der Waals surface area contributed by atoms with Gasteiger partial charge in [-0.25, -0.2) is 13.2 Å². The van der Waals surface area contributed by atoms with Crippen molar-refractivity contribution in [2.24, 2.45) is 0 Å². The van der Waals surface area contributed by atoms with Crippen molar-refractivity contribution in [1.29, 1.82) is 0 Å². The largest absolute Gasteiger partial charge is 0.497 e. The number of imide groups is 1. The first-order valence-corrected chi connectivity index (χ1v) is 12.1. The predicted octanol–water partition coefficient (Wildman–Crippen LogP) is 1.28. The maximum atomic E-state index is 13.2. The van der Waals surface area contributed by atoms with Crippen molar-refractivity contribution in [2.45, 2.75) is 51.2 Å². The van der Waals surface area contributed by atoms with Gasteiger partial charge in [0.05, 0.1) is 18.6 Å². The lowest BCUT2D eigenvalue weighted by Crippen LogP contribution is -2.51. The van der Waals surface area contributed by atoms with E-state index in [-0.39, 0.29) is 17.5 Å². The van der Waals surface area contributed by atoms with Gasteiger partial charge in [0.1, 0.15) is 17.8 Å². The van der Waals surface area contributed by atoms with Gasteiger partial charge in [0.25, 0.3) is 5.91 Å². The Bertz CT molecular complexity index is 977. The molecule has 0 unspecified atom stereocenters. The second-order valence-electron chi connectivity index (χ2n) is 8.29. The van der Waals surface area contributed by atoms with Crippen LogP contribution in [0.15, 0.2) is 24.3 Å². The Balaban J connectivity index is 1.81. The number of nitrogens with zero attached hydrogens (tertiary/aromatic N) is 2. The monoisotopic (exact) mass is 451 g/mol. The molecule has 9 nitrogen and oxygen atoms in total. The van der Waals surface area contributed by atoms with Crippen LogP contribution in [0.1, 0.15) is 39.2 Å². The number of urea groups is 1. The first-order chi connectivity index (χ1) is 14.5. The molecular weight excluding hydrogens is 422 g/mol. The molecule has 10 heteroatoms. The van der Waals surface area contributed by atoms with Gasteiger partial charge in [0, 0.05) is 12.1 Å². The average Bonchev–Trinajstić information content (AvgIpc) is 3.19. The number of benzene rings is 1. The van der Waals surface area contributed by atoms with Gasteiger partial charge in [-0.1, -0.05) is 19.1 Å². The lowest BCUT2D eigenvalue weighted by Gasteiger charge is -2.34. The summed E-state index contributed by atoms with van der Waals surface area (Å²) in [6.07, 6.45) is 0.994. The molecule has 0 bridgehead atoms. The molecule has 1 N–H and O–H groups in total. The van der Waals surface area contributed by atoms with Crippen molar-refractivity contribution in [2.75, 3.05) is 25.2 Å². The molecule has 2 heterocycles. The van der Waals surface area contributed by atoms with Crippen molar-refractivity contribution >= 4 is 27.7 Å². The van der Waals surface area contributed by atoms with E-state index in [1.165, 1.54) is 12.0 Å². The van der Waals surface area contributed by atoms with Crippen molar-refractivity contribution in [1.82, 2.24) is 15.1 Å². The summed E-state index contributed by atoms with van der Waals surface area (Å²) in [5.41, 5.74) is -0.732. The van der Waals surface area contributed by atoms with Gasteiger partial charge in [-0.15, -0.1) is 0 Å². The SMILES string of the molecule is CC[C@H](C)N(C(=O)CN1C(=O)N[C@@](C)(c2ccc(OC)cc2)C1=O)[C@H]1CCS(=O)(=O)C1. The highest BCUT2D eigenvalue weighted by Gasteiger charge is 2.50. The zero-order chi connectivity index (χ0) is 23.0. The fourth-order valence-electron chi connectivity index (χ4n) is 4.18. The zero-order valence-electron chi connectivity index (χ0n) is 18.3. The molecule has 31 heavy (non-hydrogen) atoms. The van der Waals surface area contributed by atoms with Gasteiger partial charge in [-0.2, -0.15) is 0 Å². The lowest BCUT2D eigenvalue weighted by atomic mass is 9.92. The number of ether oxygens (including phenoxy) is 1. The molecular formula is C21H29N3O6S. The van der Waals surface area contributed by atoms with Crippen LogP contribution in [-0.2, 0) is 25.0 Å². The number of hydrogen-bond donors (Lipinski definition) is 1. The molecule has 1 aromatic carbocycles. The summed E-state index contributed by atoms with van der Waals surface area (Å²) < 4.78 is 29.0. The highest BCUT2D eigenvalue weighted by atomic mass is 32.2. The van der Waals surface area contributed by atoms with Crippen LogP contribution >= 0.6 is 0 Å². The molecule has 170 valence electrons. The van der Waals surface area contributed by atoms with Gasteiger partial charge in [-0.05, 0) is 44.4 Å². The quantitative estimate of drug-likeness (QED) is 0.625. The van der Waals surface area contributed by atoms with E-state index in [9.17, 15) is 22.8 Å². The molecule has 0 radical (unpaired) electrons. The Kier molecular flexibility index (Phi) is 6.31. The second-order valence-corrected chi connectivity index (χ2v) is 10.5. The molecule has 2 fully saturated rings. The Morgan fingerprint density at radius 2 is 1.97 bits per heavy atom. The number of methoxy groups -OCH3 is 1. The molecule has 3 atom stereocenters. The number of amides is 4. The fraction of sp³-hybridized carbons (Fsp3) is 0.571. The van der Waals surface area contributed by atoms with Gasteiger partial charge < -0.3 is 15.0 Å². The molecule has 1 aromatic rings. The standard InChI is InChI=1S/C21H29N3O6S/c1-5-14(2)24(16-10-11-31(28,29)13-16)18(25)12-23-19(26)21(3,22-20(23)27)15-6-8-17(30-4)9-7-15/h6-9,14,16H,5,10-13H2,1-4H3,(H,22,27)/t14-,16-,21-/m0/s1. The van der Waals surface area contributed by atoms with E-state index in [1.54, 1.807) is 31.2 Å². The molecule has 3 rings (SSSR count). The second kappa shape index (κ2) is 8.49. The van der Waals surface area contributed by atoms with Crippen LogP contribution in [0.25, 0.3) is 0 Å². The minimum Gasteiger partial charge on any atom is -0.497 e. The van der Waals surface area contributed by atoms with Crippen molar-refractivity contribution in [3.63, 3.8) is 0 Å². The Morgan fingerprint density at radius 1 is 1.32 bits per heavy atom. The van der Waals surface area contributed by atoms with E-state index in [2.05, 4.69) is 5.32 Å². The number of carbonyl (C=O) groups is 3. The summed E-state index contributed by atoms with van der Waals surface area (Å²) >= 11 is 0. The molecule has 2 aliphatic rings. The molecule has 0 saturated carbocycles. The highest BCUT2D eigenvalue weighted by Crippen LogP contribution is 2.30. The summed E-state index contributed by atoms with van der Waals surface area (Å²) in [7, 11) is -1.66. The Hall–Kier alpha value is -2.62. The van der Waals surface area contributed by atoms with Crippen LogP contribution in [-0.4, -0.2) is 73.3 Å². The van der Waals surface area contributed by atoms with E-state index in [0.717, 1.165) is 4.90 Å². The summed E-state index contributed by atoms with van der Waals surface area (Å²) in [4.78, 5) is 41.4. The Morgan fingerprint density at radius 3 is 2.48 bits per heavy atom. The van der Waals surface area contributed by atoms with Crippen LogP contribution in [0.3, 0.4) is 0 Å². The van der Waals surface area contributed by atoms with Crippen LogP contribution in [0.2, 0.25) is 0 Å². The van der Waals surface area contributed by atoms with Crippen LogP contribution < -0.4 is 10.1 Å². The normalized spacial score (nSPS) is 25.9. The lowest BCUT2D eigenvalue weighted by molar-refractivity contribution is -0.141. The Labute approximate surface area is 182 Å². The summed E-state index contributed by atoms with van der Waals surface area (Å²) in [5.74, 6) is -0.395. The first-order valence-electron chi connectivity index (χ1n) is 10.3. The van der Waals surface area contributed by atoms with Crippen molar-refractivity contribution in [3.05, 3.63) is 29.8 Å². The number of nitrogens with one attached hydrogen (secondary N) is 1. The van der Waals surface area contributed by atoms with Gasteiger partial charge in [-0.3, -0.25) is 14.5 Å². The number of sulfone groups is 1. The number of hydrogen-bond acceptors (Lipinski definition) is 6. The van der Waals surface area contributed by atoms with Gasteiger partial charge in [0.15, 0.2) is 9.84 Å². The van der Waals surface area contributed by atoms with Crippen molar-refractivity contribution in [3.8, 4) is 5.75 Å². The predicted molar refractivity (Wildman–Crippen MR) is 114 cm³/mol. The minimum absolute atomic E-state index is 0.0382. The molecule has 0 aliphatic carbocycles. The molecule has 2 saturated heterocycles. The third-order valence-electron chi connectivity index (χ3n) is 6.19. The maximum absolute atomic E-state index is 13.2. The van der Waals surface area contributed by atoms with E-state index < -0.39 is 45.8 Å². The third-order valence-corrected chi connectivity index (χ3v) is 7.94. The van der Waals surface area contributed by atoms with Crippen molar-refractivity contribution < 1.29 is 27.5 Å². The highest BCUT2D eigenvalue weighted by molar-refractivity contribution is 7.91. The van der Waals surface area contributed by atoms with E-state index in [0.29, 0.717) is 24.2 Å². The van der Waals surface area contributed by atoms with Crippen LogP contribution in [0.5, 0.6) is 5.75 Å². The van der Waals surface area contributed by atoms with Gasteiger partial charge in [0.2, 0.25) is 5.91 Å². The van der Waals surface area contributed by atoms with Gasteiger partial charge >= 0.3 is 6.03 Å². The number of rotatable bonds is 7. The summed E-state index contributed by atoms with van der Waals surface area (Å²) in [6.45, 7) is 4.91.